The van der Waals surface area contributed by atoms with E-state index in [1.54, 1.807) is 13.2 Å². The number of aliphatic imine (C=N–C) groups is 1. The number of hydrogen-bond acceptors (Lipinski definition) is 4. The summed E-state index contributed by atoms with van der Waals surface area (Å²) in [5.41, 5.74) is 2.83. The van der Waals surface area contributed by atoms with Crippen molar-refractivity contribution in [2.75, 3.05) is 26.9 Å². The number of phenolic OH excluding ortho intramolecular Hbond substituents is 1. The van der Waals surface area contributed by atoms with Crippen LogP contribution in [0.4, 0.5) is 4.39 Å². The quantitative estimate of drug-likeness (QED) is 0.322. The van der Waals surface area contributed by atoms with Crippen molar-refractivity contribution in [3.63, 3.8) is 0 Å². The van der Waals surface area contributed by atoms with E-state index in [0.717, 1.165) is 23.3 Å². The third-order valence-electron chi connectivity index (χ3n) is 4.20. The molecule has 0 aliphatic rings. The van der Waals surface area contributed by atoms with Gasteiger partial charge < -0.3 is 25.2 Å². The molecule has 3 N–H and O–H groups in total. The molecule has 2 aromatic carbocycles. The lowest BCUT2D eigenvalue weighted by Crippen LogP contribution is -2.36. The molecule has 0 spiro atoms. The van der Waals surface area contributed by atoms with Crippen molar-refractivity contribution in [3.05, 3.63) is 58.9 Å². The van der Waals surface area contributed by atoms with Crippen molar-refractivity contribution < 1.29 is 19.0 Å². The molecule has 2 aromatic rings. The summed E-state index contributed by atoms with van der Waals surface area (Å²) in [5.74, 6) is 0.447. The van der Waals surface area contributed by atoms with E-state index in [1.165, 1.54) is 12.1 Å². The minimum Gasteiger partial charge on any atom is -0.505 e. The molecule has 0 aromatic heterocycles. The molecule has 158 valence electrons. The first-order chi connectivity index (χ1) is 14.0. The first-order valence-corrected chi connectivity index (χ1v) is 9.74. The topological polar surface area (TPSA) is 75.1 Å². The van der Waals surface area contributed by atoms with Crippen LogP contribution in [-0.2, 0) is 17.8 Å². The first-order valence-electron chi connectivity index (χ1n) is 9.74. The number of guanidine groups is 1. The zero-order valence-corrected chi connectivity index (χ0v) is 17.3. The van der Waals surface area contributed by atoms with Crippen LogP contribution in [0.5, 0.6) is 11.5 Å². The molecular weight excluding hydrogens is 373 g/mol. The van der Waals surface area contributed by atoms with E-state index in [1.807, 2.05) is 32.0 Å². The molecule has 6 nitrogen and oxygen atoms in total. The minimum absolute atomic E-state index is 0.292. The lowest BCUT2D eigenvalue weighted by atomic mass is 10.1. The Morgan fingerprint density at radius 2 is 1.97 bits per heavy atom. The van der Waals surface area contributed by atoms with Gasteiger partial charge in [0.15, 0.2) is 17.5 Å². The summed E-state index contributed by atoms with van der Waals surface area (Å²) in [6.45, 7) is 6.79. The lowest BCUT2D eigenvalue weighted by molar-refractivity contribution is 0.171. The van der Waals surface area contributed by atoms with Crippen LogP contribution in [0.1, 0.15) is 30.0 Å². The number of nitrogens with one attached hydrogen (secondary N) is 2. The van der Waals surface area contributed by atoms with E-state index in [0.29, 0.717) is 44.4 Å². The van der Waals surface area contributed by atoms with Crippen LogP contribution >= 0.6 is 0 Å². The van der Waals surface area contributed by atoms with E-state index < -0.39 is 5.82 Å². The van der Waals surface area contributed by atoms with Gasteiger partial charge >= 0.3 is 0 Å². The van der Waals surface area contributed by atoms with Gasteiger partial charge in [0, 0.05) is 38.8 Å². The number of aromatic hydroxyl groups is 1. The second kappa shape index (κ2) is 11.9. The van der Waals surface area contributed by atoms with Crippen LogP contribution in [0.3, 0.4) is 0 Å². The third kappa shape index (κ3) is 7.62. The number of nitrogens with zero attached hydrogens (tertiary/aromatic N) is 1. The average molecular weight is 403 g/mol. The Bertz CT molecular complexity index is 812. The smallest absolute Gasteiger partial charge is 0.191 e. The molecule has 0 saturated heterocycles. The number of methoxy groups -OCH3 is 1. The fourth-order valence-corrected chi connectivity index (χ4v) is 2.67. The number of benzene rings is 2. The maximum Gasteiger partial charge on any atom is 0.191 e. The van der Waals surface area contributed by atoms with E-state index in [4.69, 9.17) is 9.47 Å². The van der Waals surface area contributed by atoms with Crippen molar-refractivity contribution in [3.8, 4) is 11.5 Å². The Morgan fingerprint density at radius 3 is 2.69 bits per heavy atom. The summed E-state index contributed by atoms with van der Waals surface area (Å²) in [5, 5.41) is 15.8. The van der Waals surface area contributed by atoms with Gasteiger partial charge in [-0.2, -0.15) is 0 Å². The van der Waals surface area contributed by atoms with Crippen LogP contribution in [0.25, 0.3) is 0 Å². The van der Waals surface area contributed by atoms with Crippen LogP contribution in [0.2, 0.25) is 0 Å². The van der Waals surface area contributed by atoms with Gasteiger partial charge in [0.1, 0.15) is 5.75 Å². The van der Waals surface area contributed by atoms with E-state index in [9.17, 15) is 9.50 Å². The van der Waals surface area contributed by atoms with Crippen LogP contribution < -0.4 is 15.4 Å². The molecule has 0 aliphatic carbocycles. The van der Waals surface area contributed by atoms with Crippen molar-refractivity contribution >= 4 is 5.96 Å². The molecule has 0 amide bonds. The van der Waals surface area contributed by atoms with Crippen molar-refractivity contribution in [1.82, 2.24) is 10.6 Å². The molecule has 0 bridgehead atoms. The first kappa shape index (κ1) is 22.5. The molecule has 7 heteroatoms. The third-order valence-corrected chi connectivity index (χ3v) is 4.20. The zero-order chi connectivity index (χ0) is 21.1. The normalized spacial score (nSPS) is 11.4. The highest BCUT2D eigenvalue weighted by molar-refractivity contribution is 5.79. The molecule has 0 heterocycles. The molecule has 0 fully saturated rings. The van der Waals surface area contributed by atoms with Gasteiger partial charge in [-0.25, -0.2) is 9.38 Å². The molecule has 0 unspecified atom stereocenters. The van der Waals surface area contributed by atoms with Crippen LogP contribution in [0, 0.1) is 12.7 Å². The maximum absolute atomic E-state index is 13.5. The van der Waals surface area contributed by atoms with E-state index in [2.05, 4.69) is 15.6 Å². The number of phenols is 1. The van der Waals surface area contributed by atoms with Gasteiger partial charge in [-0.3, -0.25) is 0 Å². The summed E-state index contributed by atoms with van der Waals surface area (Å²) in [4.78, 5) is 4.49. The van der Waals surface area contributed by atoms with Gasteiger partial charge in [-0.15, -0.1) is 0 Å². The number of rotatable bonds is 10. The maximum atomic E-state index is 13.5. The molecule has 2 rings (SSSR count). The summed E-state index contributed by atoms with van der Waals surface area (Å²) in [6, 6.07) is 10.4. The van der Waals surface area contributed by atoms with Gasteiger partial charge in [-0.1, -0.05) is 18.2 Å². The molecule has 29 heavy (non-hydrogen) atoms. The lowest BCUT2D eigenvalue weighted by Gasteiger charge is -2.15. The molecule has 0 saturated carbocycles. The average Bonchev–Trinajstić information content (AvgIpc) is 2.71. The minimum atomic E-state index is -0.648. The highest BCUT2D eigenvalue weighted by Gasteiger charge is 2.07. The number of ether oxygens (including phenoxy) is 2. The second-order valence-corrected chi connectivity index (χ2v) is 6.64. The van der Waals surface area contributed by atoms with Gasteiger partial charge in [0.25, 0.3) is 0 Å². The Balaban J connectivity index is 2.02. The summed E-state index contributed by atoms with van der Waals surface area (Å²) >= 11 is 0. The molecule has 0 aliphatic heterocycles. The summed E-state index contributed by atoms with van der Waals surface area (Å²) < 4.78 is 24.5. The van der Waals surface area contributed by atoms with E-state index in [-0.39, 0.29) is 5.75 Å². The second-order valence-electron chi connectivity index (χ2n) is 6.64. The SMILES string of the molecule is CCNC(=NCc1ccc(O)c(F)c1)NCc1ccc(C)cc1OCCCOC. The number of halogens is 1. The summed E-state index contributed by atoms with van der Waals surface area (Å²) in [6.07, 6.45) is 0.824. The van der Waals surface area contributed by atoms with Crippen molar-refractivity contribution in [2.24, 2.45) is 4.99 Å². The van der Waals surface area contributed by atoms with Gasteiger partial charge in [0.2, 0.25) is 0 Å². The number of hydrogen-bond donors (Lipinski definition) is 3. The summed E-state index contributed by atoms with van der Waals surface area (Å²) in [7, 11) is 1.68. The molecule has 0 radical (unpaired) electrons. The Hall–Kier alpha value is -2.80. The van der Waals surface area contributed by atoms with Crippen LogP contribution in [0.15, 0.2) is 41.4 Å². The molecular formula is C22H30FN3O3. The largest absolute Gasteiger partial charge is 0.505 e. The fraction of sp³-hybridized carbons (Fsp3) is 0.409. The Labute approximate surface area is 171 Å². The fourth-order valence-electron chi connectivity index (χ4n) is 2.67. The van der Waals surface area contributed by atoms with Crippen molar-refractivity contribution in [1.29, 1.82) is 0 Å². The predicted molar refractivity (Wildman–Crippen MR) is 113 cm³/mol. The van der Waals surface area contributed by atoms with Crippen molar-refractivity contribution in [2.45, 2.75) is 33.4 Å². The standard InChI is InChI=1S/C22H30FN3O3/c1-4-24-22(25-14-17-7-9-20(27)19(23)13-17)26-15-18-8-6-16(2)12-21(18)29-11-5-10-28-3/h6-9,12-13,27H,4-5,10-11,14-15H2,1-3H3,(H2,24,25,26). The molecule has 0 atom stereocenters. The van der Waals surface area contributed by atoms with Gasteiger partial charge in [-0.05, 0) is 43.2 Å². The zero-order valence-electron chi connectivity index (χ0n) is 17.3. The Kier molecular flexibility index (Phi) is 9.24. The van der Waals surface area contributed by atoms with E-state index >= 15 is 0 Å². The highest BCUT2D eigenvalue weighted by atomic mass is 19.1. The van der Waals surface area contributed by atoms with Crippen LogP contribution in [-0.4, -0.2) is 37.9 Å². The predicted octanol–water partition coefficient (Wildman–Crippen LogP) is 3.51. The monoisotopic (exact) mass is 403 g/mol. The number of aryl methyl sites for hydroxylation is 1. The Morgan fingerprint density at radius 1 is 1.14 bits per heavy atom. The highest BCUT2D eigenvalue weighted by Crippen LogP contribution is 2.21. The van der Waals surface area contributed by atoms with Gasteiger partial charge in [0.05, 0.1) is 13.2 Å².